The summed E-state index contributed by atoms with van der Waals surface area (Å²) in [5.41, 5.74) is 0.144. The maximum Gasteiger partial charge on any atom is 0.173 e. The van der Waals surface area contributed by atoms with Crippen LogP contribution in [0.2, 0.25) is 0 Å². The van der Waals surface area contributed by atoms with E-state index in [4.69, 9.17) is 13.9 Å². The second kappa shape index (κ2) is 7.64. The second-order valence-corrected chi connectivity index (χ2v) is 15.3. The third-order valence-corrected chi connectivity index (χ3v) is 13.5. The van der Waals surface area contributed by atoms with Crippen LogP contribution in [0.15, 0.2) is 0 Å². The molecule has 1 aliphatic heterocycles. The molecule has 0 aromatic heterocycles. The van der Waals surface area contributed by atoms with Gasteiger partial charge in [0, 0.05) is 29.6 Å². The Morgan fingerprint density at radius 2 is 1.56 bits per heavy atom. The third kappa shape index (κ3) is 3.02. The highest BCUT2D eigenvalue weighted by atomic mass is 28.2. The summed E-state index contributed by atoms with van der Waals surface area (Å²) in [7, 11) is 0.743. The fourth-order valence-electron chi connectivity index (χ4n) is 10.8. The summed E-state index contributed by atoms with van der Waals surface area (Å²) in [4.78, 5) is 14.3. The van der Waals surface area contributed by atoms with Crippen LogP contribution in [0, 0.1) is 51.2 Å². The highest BCUT2D eigenvalue weighted by Gasteiger charge is 2.72. The zero-order valence-corrected chi connectivity index (χ0v) is 25.4. The lowest BCUT2D eigenvalue weighted by atomic mass is 9.38. The summed E-state index contributed by atoms with van der Waals surface area (Å²) >= 11 is 0. The smallest absolute Gasteiger partial charge is 0.173 e. The zero-order valence-electron chi connectivity index (χ0n) is 23.4. The fraction of sp³-hybridized carbons (Fsp3) is 0.966. The molecule has 1 unspecified atom stereocenters. The number of carbonyl (C=O) groups excluding carboxylic acids is 1. The van der Waals surface area contributed by atoms with Crippen molar-refractivity contribution in [3.05, 3.63) is 0 Å². The van der Waals surface area contributed by atoms with E-state index in [1.165, 1.54) is 19.3 Å². The zero-order chi connectivity index (χ0) is 24.9. The maximum atomic E-state index is 14.3. The van der Waals surface area contributed by atoms with Gasteiger partial charge in [0.15, 0.2) is 5.79 Å². The summed E-state index contributed by atoms with van der Waals surface area (Å²) in [5, 5.41) is 0. The Balaban J connectivity index is 1.56. The Labute approximate surface area is 211 Å². The molecule has 0 aromatic rings. The molecule has 0 N–H and O–H groups in total. The summed E-state index contributed by atoms with van der Waals surface area (Å²) < 4.78 is 19.1. The Morgan fingerprint density at radius 1 is 0.912 bits per heavy atom. The quantitative estimate of drug-likeness (QED) is 0.492. The minimum atomic E-state index is -0.504. The van der Waals surface area contributed by atoms with Crippen LogP contribution < -0.4 is 0 Å². The normalized spacial score (nSPS) is 45.8. The predicted molar refractivity (Wildman–Crippen MR) is 138 cm³/mol. The minimum Gasteiger partial charge on any atom is -0.422 e. The van der Waals surface area contributed by atoms with Crippen LogP contribution in [0.25, 0.3) is 0 Å². The molecule has 5 rings (SSSR count). The predicted octanol–water partition coefficient (Wildman–Crippen LogP) is 5.31. The Morgan fingerprint density at radius 3 is 2.15 bits per heavy atom. The highest BCUT2D eigenvalue weighted by molar-refractivity contribution is 5.98. The summed E-state index contributed by atoms with van der Waals surface area (Å²) in [5.74, 6) is 2.05. The molecule has 1 saturated heterocycles. The fourth-order valence-corrected chi connectivity index (χ4v) is 11.2. The molecule has 34 heavy (non-hydrogen) atoms. The van der Waals surface area contributed by atoms with Crippen LogP contribution in [0.5, 0.6) is 0 Å². The van der Waals surface area contributed by atoms with E-state index in [-0.39, 0.29) is 33.2 Å². The van der Waals surface area contributed by atoms with E-state index in [9.17, 15) is 4.79 Å². The number of ketones is 1. The lowest BCUT2D eigenvalue weighted by molar-refractivity contribution is -0.299. The molecule has 5 fully saturated rings. The Hall–Kier alpha value is -0.233. The molecular weight excluding hydrogens is 440 g/mol. The van der Waals surface area contributed by atoms with E-state index in [0.29, 0.717) is 49.1 Å². The number of fused-ring (bicyclic) bond motifs is 5. The van der Waals surface area contributed by atoms with E-state index < -0.39 is 5.79 Å². The topological polar surface area (TPSA) is 44.8 Å². The van der Waals surface area contributed by atoms with E-state index in [2.05, 4.69) is 55.4 Å². The lowest BCUT2D eigenvalue weighted by Crippen LogP contribution is -2.67. The molecule has 0 aromatic carbocycles. The average Bonchev–Trinajstić information content (AvgIpc) is 3.39. The summed E-state index contributed by atoms with van der Waals surface area (Å²) in [6, 6.07) is 0. The first kappa shape index (κ1) is 25.4. The van der Waals surface area contributed by atoms with Crippen molar-refractivity contribution in [1.29, 1.82) is 0 Å². The van der Waals surface area contributed by atoms with Crippen LogP contribution >= 0.6 is 0 Å². The monoisotopic (exact) mass is 490 g/mol. The van der Waals surface area contributed by atoms with Gasteiger partial charge < -0.3 is 13.9 Å². The van der Waals surface area contributed by atoms with Gasteiger partial charge in [-0.25, -0.2) is 0 Å². The third-order valence-electron chi connectivity index (χ3n) is 12.5. The SMILES string of the molecule is CC(C)(C)[C@H]1CC[C@H]2[C@@H]3C(=O)CC4C(C)(C)C5(CC[C@]4(C)[C@H]3CC[C@]12C(C)(C)O[SiH3])OCCO5. The number of hydrogen-bond donors (Lipinski definition) is 0. The minimum absolute atomic E-state index is 0.0934. The molecule has 0 radical (unpaired) electrons. The van der Waals surface area contributed by atoms with Gasteiger partial charge in [-0.3, -0.25) is 4.79 Å². The first-order valence-corrected chi connectivity index (χ1v) is 14.9. The molecule has 194 valence electrons. The first-order chi connectivity index (χ1) is 15.7. The molecule has 1 heterocycles. The Bertz CT molecular complexity index is 838. The largest absolute Gasteiger partial charge is 0.422 e. The van der Waals surface area contributed by atoms with Crippen molar-refractivity contribution in [2.75, 3.05) is 13.2 Å². The van der Waals surface area contributed by atoms with Gasteiger partial charge in [-0.1, -0.05) is 41.5 Å². The van der Waals surface area contributed by atoms with E-state index >= 15 is 0 Å². The molecule has 4 saturated carbocycles. The Kier molecular flexibility index (Phi) is 5.72. The van der Waals surface area contributed by atoms with Crippen molar-refractivity contribution in [2.45, 2.75) is 112 Å². The summed E-state index contributed by atoms with van der Waals surface area (Å²) in [6.45, 7) is 20.5. The van der Waals surface area contributed by atoms with E-state index in [1.807, 2.05) is 0 Å². The maximum absolute atomic E-state index is 14.3. The lowest BCUT2D eigenvalue weighted by Gasteiger charge is -2.67. The molecule has 5 aliphatic rings. The van der Waals surface area contributed by atoms with Gasteiger partial charge >= 0.3 is 0 Å². The molecular formula is C29H50O4Si. The van der Waals surface area contributed by atoms with Crippen molar-refractivity contribution in [2.24, 2.45) is 51.2 Å². The van der Waals surface area contributed by atoms with Crippen molar-refractivity contribution >= 4 is 16.3 Å². The molecule has 1 spiro atoms. The molecule has 5 heteroatoms. The average molecular weight is 491 g/mol. The standard InChI is InChI=1S/C29H50O4Si/c1-24(2,3)21-10-9-19-23-18(11-12-28(19,21)26(6,7)33-34)27(8)13-14-29(31-15-16-32-29)25(4,5)22(27)17-20(23)30/h18-19,21-23H,9-17H2,1-8,34H3/t18-,19-,21+,22?,23+,27+,28+/m0/s1. The number of rotatable bonds is 2. The second-order valence-electron chi connectivity index (χ2n) is 14.9. The van der Waals surface area contributed by atoms with Crippen LogP contribution in [-0.4, -0.2) is 40.9 Å². The van der Waals surface area contributed by atoms with Crippen LogP contribution in [-0.2, 0) is 18.7 Å². The van der Waals surface area contributed by atoms with E-state index in [1.54, 1.807) is 0 Å². The number of carbonyl (C=O) groups is 1. The number of ether oxygens (including phenoxy) is 2. The van der Waals surface area contributed by atoms with Gasteiger partial charge in [-0.05, 0) is 80.5 Å². The van der Waals surface area contributed by atoms with Gasteiger partial charge in [-0.15, -0.1) is 0 Å². The van der Waals surface area contributed by atoms with Crippen molar-refractivity contribution in [3.63, 3.8) is 0 Å². The highest BCUT2D eigenvalue weighted by Crippen LogP contribution is 2.74. The molecule has 0 amide bonds. The van der Waals surface area contributed by atoms with Crippen molar-refractivity contribution in [1.82, 2.24) is 0 Å². The number of hydrogen-bond acceptors (Lipinski definition) is 4. The van der Waals surface area contributed by atoms with Gasteiger partial charge in [0.05, 0.1) is 18.8 Å². The van der Waals surface area contributed by atoms with Crippen molar-refractivity contribution in [3.8, 4) is 0 Å². The van der Waals surface area contributed by atoms with Gasteiger partial charge in [0.25, 0.3) is 0 Å². The van der Waals surface area contributed by atoms with Crippen LogP contribution in [0.1, 0.15) is 100 Å². The summed E-state index contributed by atoms with van der Waals surface area (Å²) in [6.07, 6.45) is 7.53. The van der Waals surface area contributed by atoms with Gasteiger partial charge in [-0.2, -0.15) is 0 Å². The molecule has 7 atom stereocenters. The molecule has 4 aliphatic carbocycles. The van der Waals surface area contributed by atoms with Crippen molar-refractivity contribution < 1.29 is 18.7 Å². The van der Waals surface area contributed by atoms with Gasteiger partial charge in [0.1, 0.15) is 16.3 Å². The number of Topliss-reactive ketones (excluding diaryl/α,β-unsaturated/α-hetero) is 1. The molecule has 0 bridgehead atoms. The first-order valence-electron chi connectivity index (χ1n) is 14.0. The van der Waals surface area contributed by atoms with E-state index in [0.717, 1.165) is 29.7 Å². The van der Waals surface area contributed by atoms with Crippen LogP contribution in [0.4, 0.5) is 0 Å². The molecule has 4 nitrogen and oxygen atoms in total. The van der Waals surface area contributed by atoms with Crippen LogP contribution in [0.3, 0.4) is 0 Å². The van der Waals surface area contributed by atoms with Gasteiger partial charge in [0.2, 0.25) is 0 Å².